The first-order valence-electron chi connectivity index (χ1n) is 6.37. The van der Waals surface area contributed by atoms with Gasteiger partial charge in [-0.15, -0.1) is 0 Å². The van der Waals surface area contributed by atoms with E-state index in [-0.39, 0.29) is 5.92 Å². The molecule has 0 saturated heterocycles. The summed E-state index contributed by atoms with van der Waals surface area (Å²) in [6.45, 7) is 5.44. The minimum Gasteiger partial charge on any atom is -0.480 e. The van der Waals surface area contributed by atoms with Crippen LogP contribution in [0.5, 0.6) is 0 Å². The number of nitrogens with zero attached hydrogens (tertiary/aromatic N) is 1. The third kappa shape index (κ3) is 4.00. The zero-order chi connectivity index (χ0) is 15.3. The Morgan fingerprint density at radius 2 is 2.10 bits per heavy atom. The van der Waals surface area contributed by atoms with E-state index in [2.05, 4.69) is 10.5 Å². The molecule has 20 heavy (non-hydrogen) atoms. The number of carbonyl (C=O) groups excluding carboxylic acids is 1. The van der Waals surface area contributed by atoms with Gasteiger partial charge in [-0.05, 0) is 25.4 Å². The van der Waals surface area contributed by atoms with Crippen LogP contribution in [0.15, 0.2) is 4.52 Å². The molecule has 0 radical (unpaired) electrons. The zero-order valence-electron chi connectivity index (χ0n) is 12.1. The van der Waals surface area contributed by atoms with E-state index >= 15 is 0 Å². The number of aliphatic carboxylic acids is 1. The molecule has 0 spiro atoms. The van der Waals surface area contributed by atoms with Gasteiger partial charge in [0, 0.05) is 5.92 Å². The maximum Gasteiger partial charge on any atom is 0.326 e. The van der Waals surface area contributed by atoms with Gasteiger partial charge in [0.25, 0.3) is 5.91 Å². The Balaban J connectivity index is 2.89. The average molecular weight is 300 g/mol. The molecule has 1 unspecified atom stereocenters. The highest BCUT2D eigenvalue weighted by atomic mass is 32.2. The lowest BCUT2D eigenvalue weighted by atomic mass is 10.0. The predicted molar refractivity (Wildman–Crippen MR) is 77.2 cm³/mol. The van der Waals surface area contributed by atoms with Gasteiger partial charge < -0.3 is 14.9 Å². The Morgan fingerprint density at radius 1 is 1.45 bits per heavy atom. The summed E-state index contributed by atoms with van der Waals surface area (Å²) in [7, 11) is 0. The van der Waals surface area contributed by atoms with Gasteiger partial charge in [-0.25, -0.2) is 4.79 Å². The topological polar surface area (TPSA) is 92.4 Å². The minimum absolute atomic E-state index is 0.00595. The van der Waals surface area contributed by atoms with Crippen LogP contribution in [0.2, 0.25) is 0 Å². The molecule has 1 aromatic rings. The lowest BCUT2D eigenvalue weighted by Crippen LogP contribution is -2.41. The van der Waals surface area contributed by atoms with Crippen molar-refractivity contribution in [3.05, 3.63) is 17.0 Å². The van der Waals surface area contributed by atoms with Crippen LogP contribution in [0.25, 0.3) is 0 Å². The third-order valence-corrected chi connectivity index (χ3v) is 3.50. The number of thioether (sulfide) groups is 1. The first-order valence-corrected chi connectivity index (χ1v) is 7.76. The minimum atomic E-state index is -1.03. The highest BCUT2D eigenvalue weighted by Gasteiger charge is 2.26. The van der Waals surface area contributed by atoms with Crippen LogP contribution < -0.4 is 5.32 Å². The number of aromatic nitrogens is 1. The summed E-state index contributed by atoms with van der Waals surface area (Å²) in [4.78, 5) is 23.4. The summed E-state index contributed by atoms with van der Waals surface area (Å²) in [6.07, 6.45) is 2.27. The Hall–Kier alpha value is -1.50. The molecule has 0 bridgehead atoms. The third-order valence-electron chi connectivity index (χ3n) is 2.85. The molecule has 0 saturated carbocycles. The fourth-order valence-corrected chi connectivity index (χ4v) is 2.25. The molecule has 1 aromatic heterocycles. The van der Waals surface area contributed by atoms with E-state index in [1.54, 1.807) is 6.92 Å². The summed E-state index contributed by atoms with van der Waals surface area (Å²) in [5.41, 5.74) is 0.815. The Bertz CT molecular complexity index is 485. The van der Waals surface area contributed by atoms with Crippen molar-refractivity contribution in [3.63, 3.8) is 0 Å². The van der Waals surface area contributed by atoms with Crippen molar-refractivity contribution in [2.75, 3.05) is 12.0 Å². The van der Waals surface area contributed by atoms with Crippen molar-refractivity contribution in [2.45, 2.75) is 39.2 Å². The normalized spacial score (nSPS) is 12.4. The molecular weight excluding hydrogens is 280 g/mol. The van der Waals surface area contributed by atoms with Crippen LogP contribution in [-0.4, -0.2) is 40.2 Å². The fraction of sp³-hybridized carbons (Fsp3) is 0.615. The van der Waals surface area contributed by atoms with Crippen LogP contribution in [-0.2, 0) is 4.79 Å². The van der Waals surface area contributed by atoms with E-state index in [1.807, 2.05) is 20.1 Å². The maximum atomic E-state index is 12.2. The lowest BCUT2D eigenvalue weighted by molar-refractivity contribution is -0.139. The molecular formula is C13H20N2O4S. The van der Waals surface area contributed by atoms with Crippen LogP contribution in [0.4, 0.5) is 0 Å². The molecule has 112 valence electrons. The number of amides is 1. The van der Waals surface area contributed by atoms with Crippen molar-refractivity contribution >= 4 is 23.6 Å². The summed E-state index contributed by atoms with van der Waals surface area (Å²) >= 11 is 1.54. The predicted octanol–water partition coefficient (Wildman–Crippen LogP) is 2.04. The van der Waals surface area contributed by atoms with Gasteiger partial charge in [-0.1, -0.05) is 19.0 Å². The molecule has 0 fully saturated rings. The molecule has 7 heteroatoms. The standard InChI is InChI=1S/C13H20N2O4S/c1-7(2)11-10(8(3)15-19-11)12(16)14-9(13(17)18)5-6-20-4/h7,9H,5-6H2,1-4H3,(H,14,16)(H,17,18). The summed E-state index contributed by atoms with van der Waals surface area (Å²) in [5.74, 6) is -0.328. The Kier molecular flexibility index (Phi) is 6.06. The Labute approximate surface area is 122 Å². The van der Waals surface area contributed by atoms with E-state index in [9.17, 15) is 9.59 Å². The molecule has 1 atom stereocenters. The van der Waals surface area contributed by atoms with Crippen molar-refractivity contribution in [1.29, 1.82) is 0 Å². The zero-order valence-corrected chi connectivity index (χ0v) is 12.9. The van der Waals surface area contributed by atoms with Gasteiger partial charge >= 0.3 is 5.97 Å². The smallest absolute Gasteiger partial charge is 0.326 e. The van der Waals surface area contributed by atoms with E-state index in [1.165, 1.54) is 11.8 Å². The van der Waals surface area contributed by atoms with Crippen LogP contribution in [0, 0.1) is 6.92 Å². The van der Waals surface area contributed by atoms with Crippen LogP contribution in [0.3, 0.4) is 0 Å². The maximum absolute atomic E-state index is 12.2. The van der Waals surface area contributed by atoms with Crippen molar-refractivity contribution in [1.82, 2.24) is 10.5 Å². The van der Waals surface area contributed by atoms with Gasteiger partial charge in [0.2, 0.25) is 0 Å². The van der Waals surface area contributed by atoms with E-state index in [0.717, 1.165) is 0 Å². The van der Waals surface area contributed by atoms with Crippen molar-refractivity contribution in [2.24, 2.45) is 0 Å². The molecule has 1 amide bonds. The van der Waals surface area contributed by atoms with Crippen LogP contribution >= 0.6 is 11.8 Å². The van der Waals surface area contributed by atoms with Gasteiger partial charge in [0.1, 0.15) is 11.6 Å². The number of hydrogen-bond donors (Lipinski definition) is 2. The molecule has 6 nitrogen and oxygen atoms in total. The largest absolute Gasteiger partial charge is 0.480 e. The van der Waals surface area contributed by atoms with Crippen molar-refractivity contribution in [3.8, 4) is 0 Å². The van der Waals surface area contributed by atoms with E-state index in [4.69, 9.17) is 9.63 Å². The van der Waals surface area contributed by atoms with Gasteiger partial charge in [0.15, 0.2) is 5.76 Å². The highest BCUT2D eigenvalue weighted by Crippen LogP contribution is 2.22. The van der Waals surface area contributed by atoms with Gasteiger partial charge in [-0.3, -0.25) is 4.79 Å². The van der Waals surface area contributed by atoms with Gasteiger partial charge in [0.05, 0.1) is 5.69 Å². The summed E-state index contributed by atoms with van der Waals surface area (Å²) < 4.78 is 5.14. The molecule has 1 heterocycles. The molecule has 1 rings (SSSR count). The number of carboxylic acids is 1. The second kappa shape index (κ2) is 7.33. The molecule has 0 aliphatic rings. The SMILES string of the molecule is CSCCC(NC(=O)c1c(C)noc1C(C)C)C(=O)O. The second-order valence-corrected chi connectivity index (χ2v) is 5.79. The first kappa shape index (κ1) is 16.6. The number of rotatable bonds is 7. The Morgan fingerprint density at radius 3 is 2.60 bits per heavy atom. The highest BCUT2D eigenvalue weighted by molar-refractivity contribution is 7.98. The van der Waals surface area contributed by atoms with Gasteiger partial charge in [-0.2, -0.15) is 11.8 Å². The van der Waals surface area contributed by atoms with E-state index in [0.29, 0.717) is 29.2 Å². The molecule has 0 aliphatic carbocycles. The lowest BCUT2D eigenvalue weighted by Gasteiger charge is -2.14. The quantitative estimate of drug-likeness (QED) is 0.800. The molecule has 0 aliphatic heterocycles. The first-order chi connectivity index (χ1) is 9.38. The van der Waals surface area contributed by atoms with Crippen LogP contribution in [0.1, 0.15) is 48.0 Å². The number of hydrogen-bond acceptors (Lipinski definition) is 5. The number of carboxylic acid groups (broad SMARTS) is 1. The second-order valence-electron chi connectivity index (χ2n) is 4.81. The molecule has 0 aromatic carbocycles. The fourth-order valence-electron chi connectivity index (χ4n) is 1.78. The summed E-state index contributed by atoms with van der Waals surface area (Å²) in [5, 5.41) is 15.5. The summed E-state index contributed by atoms with van der Waals surface area (Å²) in [6, 6.07) is -0.899. The average Bonchev–Trinajstić information content (AvgIpc) is 2.76. The monoisotopic (exact) mass is 300 g/mol. The number of carbonyl (C=O) groups is 2. The van der Waals surface area contributed by atoms with Crippen molar-refractivity contribution < 1.29 is 19.2 Å². The number of nitrogens with one attached hydrogen (secondary N) is 1. The number of aryl methyl sites for hydroxylation is 1. The molecule has 2 N–H and O–H groups in total. The van der Waals surface area contributed by atoms with E-state index < -0.39 is 17.9 Å².